The fourth-order valence-electron chi connectivity index (χ4n) is 3.62. The molecule has 2 N–H and O–H groups in total. The molecule has 1 heterocycles. The number of ether oxygens (including phenoxy) is 2. The van der Waals surface area contributed by atoms with Crippen LogP contribution in [0.3, 0.4) is 0 Å². The van der Waals surface area contributed by atoms with E-state index >= 15 is 0 Å². The van der Waals surface area contributed by atoms with Crippen LogP contribution in [0.4, 0.5) is 0 Å². The minimum Gasteiger partial charge on any atom is -0.385 e. The summed E-state index contributed by atoms with van der Waals surface area (Å²) in [5.74, 6) is 0. The van der Waals surface area contributed by atoms with E-state index in [0.29, 0.717) is 12.6 Å². The predicted molar refractivity (Wildman–Crippen MR) is 119 cm³/mol. The summed E-state index contributed by atoms with van der Waals surface area (Å²) >= 11 is 0. The van der Waals surface area contributed by atoms with Crippen LogP contribution in [0.2, 0.25) is 0 Å². The van der Waals surface area contributed by atoms with Gasteiger partial charge in [-0.3, -0.25) is 0 Å². The number of hydrogen-bond donors (Lipinski definition) is 1. The Morgan fingerprint density at radius 1 is 0.741 bits per heavy atom. The molecule has 0 radical (unpaired) electrons. The summed E-state index contributed by atoms with van der Waals surface area (Å²) < 4.78 is 10.2. The third-order valence-corrected chi connectivity index (χ3v) is 5.49. The van der Waals surface area contributed by atoms with Crippen LogP contribution in [0.15, 0.2) is 0 Å². The zero-order valence-electron chi connectivity index (χ0n) is 18.8. The molecule has 27 heavy (non-hydrogen) atoms. The Balaban J connectivity index is 0.000000797. The molecule has 0 aromatic carbocycles. The molecule has 1 aliphatic heterocycles. The number of rotatable bonds is 18. The lowest BCUT2D eigenvalue weighted by Gasteiger charge is -2.03. The summed E-state index contributed by atoms with van der Waals surface area (Å²) in [7, 11) is 1.80. The van der Waals surface area contributed by atoms with Gasteiger partial charge in [-0.15, -0.1) is 0 Å². The second-order valence-corrected chi connectivity index (χ2v) is 8.17. The van der Waals surface area contributed by atoms with Gasteiger partial charge in [0.15, 0.2) is 0 Å². The first-order valence-electron chi connectivity index (χ1n) is 12.2. The molecule has 3 heteroatoms. The highest BCUT2D eigenvalue weighted by Crippen LogP contribution is 2.13. The smallest absolute Gasteiger partial charge is 0.0698 e. The summed E-state index contributed by atoms with van der Waals surface area (Å²) in [6.45, 7) is 4.85. The second kappa shape index (κ2) is 23.9. The van der Waals surface area contributed by atoms with E-state index < -0.39 is 0 Å². The molecule has 1 fully saturated rings. The molecule has 0 spiro atoms. The summed E-state index contributed by atoms with van der Waals surface area (Å²) in [5.41, 5.74) is 5.31. The lowest BCUT2D eigenvalue weighted by Crippen LogP contribution is -2.17. The van der Waals surface area contributed by atoms with Gasteiger partial charge in [-0.25, -0.2) is 0 Å². The normalized spacial score (nSPS) is 16.3. The second-order valence-electron chi connectivity index (χ2n) is 8.17. The van der Waals surface area contributed by atoms with Crippen LogP contribution in [0.25, 0.3) is 0 Å². The van der Waals surface area contributed by atoms with Gasteiger partial charge in [-0.05, 0) is 19.3 Å². The van der Waals surface area contributed by atoms with Crippen LogP contribution in [-0.4, -0.2) is 33.0 Å². The third-order valence-electron chi connectivity index (χ3n) is 5.49. The van der Waals surface area contributed by atoms with Crippen LogP contribution in [0.5, 0.6) is 0 Å². The Morgan fingerprint density at radius 2 is 1.19 bits per heavy atom. The topological polar surface area (TPSA) is 44.5 Å². The summed E-state index contributed by atoms with van der Waals surface area (Å²) in [6.07, 6.45) is 25.6. The van der Waals surface area contributed by atoms with Gasteiger partial charge in [-0.1, -0.05) is 103 Å². The van der Waals surface area contributed by atoms with E-state index in [2.05, 4.69) is 6.92 Å². The fraction of sp³-hybridized carbons (Fsp3) is 1.00. The molecule has 0 amide bonds. The molecule has 0 bridgehead atoms. The van der Waals surface area contributed by atoms with Crippen LogP contribution in [0, 0.1) is 0 Å². The predicted octanol–water partition coefficient (Wildman–Crippen LogP) is 7.02. The monoisotopic (exact) mass is 385 g/mol. The van der Waals surface area contributed by atoms with Crippen molar-refractivity contribution < 1.29 is 9.47 Å². The zero-order chi connectivity index (χ0) is 19.8. The van der Waals surface area contributed by atoms with Crippen molar-refractivity contribution in [3.05, 3.63) is 0 Å². The Labute approximate surface area is 171 Å². The van der Waals surface area contributed by atoms with Gasteiger partial charge < -0.3 is 15.2 Å². The fourth-order valence-corrected chi connectivity index (χ4v) is 3.62. The van der Waals surface area contributed by atoms with Crippen molar-refractivity contribution in [2.24, 2.45) is 5.73 Å². The molecule has 1 aliphatic rings. The van der Waals surface area contributed by atoms with Crippen molar-refractivity contribution in [1.82, 2.24) is 0 Å². The molecule has 0 aliphatic carbocycles. The third kappa shape index (κ3) is 22.0. The summed E-state index contributed by atoms with van der Waals surface area (Å²) in [6, 6.07) is 0. The number of unbranched alkanes of at least 4 members (excludes halogenated alkanes) is 15. The number of nitrogens with two attached hydrogens (primary N) is 1. The zero-order valence-corrected chi connectivity index (χ0v) is 18.8. The molecule has 1 saturated heterocycles. The van der Waals surface area contributed by atoms with Crippen LogP contribution < -0.4 is 5.73 Å². The molecule has 0 aromatic rings. The number of hydrogen-bond acceptors (Lipinski definition) is 3. The van der Waals surface area contributed by atoms with Crippen LogP contribution in [-0.2, 0) is 9.47 Å². The quantitative estimate of drug-likeness (QED) is 0.258. The molecule has 1 rings (SSSR count). The minimum atomic E-state index is 0.375. The molecule has 0 saturated carbocycles. The molecular formula is C24H51NO2. The van der Waals surface area contributed by atoms with Crippen LogP contribution >= 0.6 is 0 Å². The number of methoxy groups -OCH3 is 1. The average molecular weight is 386 g/mol. The Morgan fingerprint density at radius 3 is 1.48 bits per heavy atom. The molecule has 1 atom stereocenters. The lowest BCUT2D eigenvalue weighted by atomic mass is 10.0. The van der Waals surface area contributed by atoms with E-state index in [1.807, 2.05) is 0 Å². The largest absolute Gasteiger partial charge is 0.385 e. The van der Waals surface area contributed by atoms with Gasteiger partial charge in [0.05, 0.1) is 6.10 Å². The highest BCUT2D eigenvalue weighted by molar-refractivity contribution is 4.63. The van der Waals surface area contributed by atoms with Gasteiger partial charge in [-0.2, -0.15) is 0 Å². The first kappa shape index (κ1) is 26.9. The highest BCUT2D eigenvalue weighted by Gasteiger charge is 2.11. The van der Waals surface area contributed by atoms with Crippen molar-refractivity contribution in [3.8, 4) is 0 Å². The van der Waals surface area contributed by atoms with E-state index in [0.717, 1.165) is 19.6 Å². The lowest BCUT2D eigenvalue weighted by molar-refractivity contribution is 0.117. The van der Waals surface area contributed by atoms with E-state index in [-0.39, 0.29) is 0 Å². The van der Waals surface area contributed by atoms with Crippen molar-refractivity contribution in [2.45, 2.75) is 129 Å². The van der Waals surface area contributed by atoms with Crippen LogP contribution in [0.1, 0.15) is 122 Å². The molecular weight excluding hydrogens is 334 g/mol. The van der Waals surface area contributed by atoms with Gasteiger partial charge in [0.25, 0.3) is 0 Å². The van der Waals surface area contributed by atoms with E-state index in [9.17, 15) is 0 Å². The van der Waals surface area contributed by atoms with Crippen molar-refractivity contribution in [1.29, 1.82) is 0 Å². The average Bonchev–Trinajstić information content (AvgIpc) is 3.22. The standard InChI is InChI=1S/C19H40O.C5H11NO/c1-3-4-5-6-7-8-9-10-11-12-13-14-15-16-17-18-19-20-2;6-4-5-2-1-3-7-5/h3-19H2,1-2H3;5H,1-4,6H2. The first-order valence-corrected chi connectivity index (χ1v) is 12.2. The molecule has 3 nitrogen and oxygen atoms in total. The van der Waals surface area contributed by atoms with Gasteiger partial charge in [0.2, 0.25) is 0 Å². The van der Waals surface area contributed by atoms with Crippen molar-refractivity contribution in [2.75, 3.05) is 26.9 Å². The van der Waals surface area contributed by atoms with Gasteiger partial charge in [0.1, 0.15) is 0 Å². The Hall–Kier alpha value is -0.120. The Kier molecular flexibility index (Phi) is 23.8. The van der Waals surface area contributed by atoms with Crippen molar-refractivity contribution in [3.63, 3.8) is 0 Å². The summed E-state index contributed by atoms with van der Waals surface area (Å²) in [4.78, 5) is 0. The SMILES string of the molecule is CCCCCCCCCCCCCCCCCCOC.NCC1CCCO1. The highest BCUT2D eigenvalue weighted by atomic mass is 16.5. The minimum absolute atomic E-state index is 0.375. The molecule has 0 aromatic heterocycles. The molecule has 164 valence electrons. The maximum absolute atomic E-state index is 5.31. The first-order chi connectivity index (χ1) is 13.3. The van der Waals surface area contributed by atoms with Gasteiger partial charge >= 0.3 is 0 Å². The maximum atomic E-state index is 5.31. The maximum Gasteiger partial charge on any atom is 0.0698 e. The van der Waals surface area contributed by atoms with Gasteiger partial charge in [0, 0.05) is 26.9 Å². The Bertz CT molecular complexity index is 237. The van der Waals surface area contributed by atoms with Crippen molar-refractivity contribution >= 4 is 0 Å². The summed E-state index contributed by atoms with van der Waals surface area (Å²) in [5, 5.41) is 0. The van der Waals surface area contributed by atoms with E-state index in [1.165, 1.54) is 109 Å². The van der Waals surface area contributed by atoms with E-state index in [4.69, 9.17) is 15.2 Å². The molecule has 1 unspecified atom stereocenters. The van der Waals surface area contributed by atoms with E-state index in [1.54, 1.807) is 7.11 Å².